The van der Waals surface area contributed by atoms with Crippen molar-refractivity contribution in [1.82, 2.24) is 9.88 Å². The van der Waals surface area contributed by atoms with Gasteiger partial charge in [-0.1, -0.05) is 0 Å². The Hall–Kier alpha value is -2.96. The fourth-order valence-corrected chi connectivity index (χ4v) is 2.35. The van der Waals surface area contributed by atoms with Gasteiger partial charge in [-0.3, -0.25) is 14.4 Å². The van der Waals surface area contributed by atoms with E-state index < -0.39 is 23.1 Å². The molecule has 1 aromatic heterocycles. The molecule has 2 amide bonds. The molecule has 2 aromatic rings. The maximum Gasteiger partial charge on any atom is 0.294 e. The van der Waals surface area contributed by atoms with Gasteiger partial charge in [0.05, 0.1) is 11.3 Å². The van der Waals surface area contributed by atoms with E-state index in [0.717, 1.165) is 0 Å². The molecular weight excluding hydrogens is 337 g/mol. The average molecular weight is 359 g/mol. The van der Waals surface area contributed by atoms with Crippen molar-refractivity contribution >= 4 is 23.3 Å². The van der Waals surface area contributed by atoms with Gasteiger partial charge in [0.25, 0.3) is 17.6 Å². The fourth-order valence-electron chi connectivity index (χ4n) is 2.35. The average Bonchev–Trinajstić information content (AvgIpc) is 2.90. The lowest BCUT2D eigenvalue weighted by Gasteiger charge is -2.19. The standard InChI is InChI=1S/C19H22FN3O3/c1-11-8-13(6-7-14(11)20)21-17(25)12-9-15(23(5)10-12)16(24)18(26)22-19(2,3)4/h6-10H,1-5H3,(H,21,25)(H,22,26). The van der Waals surface area contributed by atoms with Gasteiger partial charge in [-0.25, -0.2) is 4.39 Å². The Bertz CT molecular complexity index is 879. The highest BCUT2D eigenvalue weighted by molar-refractivity contribution is 6.42. The Morgan fingerprint density at radius 1 is 1.12 bits per heavy atom. The minimum atomic E-state index is -0.736. The van der Waals surface area contributed by atoms with Gasteiger partial charge in [0, 0.05) is 24.5 Å². The number of amides is 2. The predicted molar refractivity (Wildman–Crippen MR) is 96.7 cm³/mol. The summed E-state index contributed by atoms with van der Waals surface area (Å²) in [6.07, 6.45) is 1.46. The maximum absolute atomic E-state index is 13.3. The van der Waals surface area contributed by atoms with Crippen molar-refractivity contribution in [3.8, 4) is 0 Å². The zero-order valence-corrected chi connectivity index (χ0v) is 15.4. The van der Waals surface area contributed by atoms with E-state index in [2.05, 4.69) is 10.6 Å². The normalized spacial score (nSPS) is 11.2. The first-order valence-corrected chi connectivity index (χ1v) is 8.08. The Labute approximate surface area is 151 Å². The van der Waals surface area contributed by atoms with Crippen LogP contribution in [0.3, 0.4) is 0 Å². The Balaban J connectivity index is 2.18. The van der Waals surface area contributed by atoms with Crippen LogP contribution in [0.5, 0.6) is 0 Å². The van der Waals surface area contributed by atoms with Crippen molar-refractivity contribution in [2.24, 2.45) is 7.05 Å². The van der Waals surface area contributed by atoms with Crippen molar-refractivity contribution in [2.45, 2.75) is 33.2 Å². The van der Waals surface area contributed by atoms with Crippen LogP contribution in [0.25, 0.3) is 0 Å². The topological polar surface area (TPSA) is 80.2 Å². The molecule has 0 atom stereocenters. The molecule has 26 heavy (non-hydrogen) atoms. The second kappa shape index (κ2) is 7.11. The first-order valence-electron chi connectivity index (χ1n) is 8.08. The molecule has 6 nitrogen and oxygen atoms in total. The largest absolute Gasteiger partial charge is 0.347 e. The molecule has 0 aliphatic carbocycles. The second-order valence-electron chi connectivity index (χ2n) is 7.18. The molecule has 2 N–H and O–H groups in total. The number of rotatable bonds is 4. The molecule has 0 fully saturated rings. The van der Waals surface area contributed by atoms with Gasteiger partial charge in [-0.15, -0.1) is 0 Å². The van der Waals surface area contributed by atoms with Crippen LogP contribution >= 0.6 is 0 Å². The number of halogens is 1. The highest BCUT2D eigenvalue weighted by Crippen LogP contribution is 2.16. The van der Waals surface area contributed by atoms with E-state index in [0.29, 0.717) is 11.3 Å². The third-order valence-corrected chi connectivity index (χ3v) is 3.61. The lowest BCUT2D eigenvalue weighted by molar-refractivity contribution is -0.118. The Kier molecular flexibility index (Phi) is 5.30. The van der Waals surface area contributed by atoms with Gasteiger partial charge in [0.2, 0.25) is 0 Å². The Morgan fingerprint density at radius 3 is 2.35 bits per heavy atom. The van der Waals surface area contributed by atoms with Crippen LogP contribution in [0.15, 0.2) is 30.5 Å². The van der Waals surface area contributed by atoms with Crippen molar-refractivity contribution in [3.63, 3.8) is 0 Å². The summed E-state index contributed by atoms with van der Waals surface area (Å²) in [6.45, 7) is 6.91. The number of carbonyl (C=O) groups is 3. The van der Waals surface area contributed by atoms with Crippen LogP contribution < -0.4 is 10.6 Å². The number of benzene rings is 1. The number of nitrogens with zero attached hydrogens (tertiary/aromatic N) is 1. The number of anilines is 1. The summed E-state index contributed by atoms with van der Waals surface area (Å²) in [5.74, 6) is -2.28. The number of carbonyl (C=O) groups excluding carboxylic acids is 3. The molecule has 0 saturated heterocycles. The minimum Gasteiger partial charge on any atom is -0.347 e. The van der Waals surface area contributed by atoms with Gasteiger partial charge >= 0.3 is 0 Å². The summed E-state index contributed by atoms with van der Waals surface area (Å²) in [7, 11) is 1.58. The molecule has 0 spiro atoms. The molecule has 0 aliphatic rings. The van der Waals surface area contributed by atoms with E-state index in [1.54, 1.807) is 34.7 Å². The van der Waals surface area contributed by atoms with Crippen molar-refractivity contribution < 1.29 is 18.8 Å². The molecule has 2 rings (SSSR count). The van der Waals surface area contributed by atoms with E-state index in [-0.39, 0.29) is 17.1 Å². The van der Waals surface area contributed by atoms with E-state index in [1.165, 1.54) is 35.0 Å². The molecule has 0 bridgehead atoms. The number of aromatic nitrogens is 1. The molecule has 0 unspecified atom stereocenters. The summed E-state index contributed by atoms with van der Waals surface area (Å²) < 4.78 is 14.7. The van der Waals surface area contributed by atoms with Crippen molar-refractivity contribution in [1.29, 1.82) is 0 Å². The molecule has 0 aliphatic heterocycles. The van der Waals surface area contributed by atoms with Gasteiger partial charge in [0.15, 0.2) is 0 Å². The molecule has 138 valence electrons. The lowest BCUT2D eigenvalue weighted by atomic mass is 10.1. The Morgan fingerprint density at radius 2 is 1.77 bits per heavy atom. The van der Waals surface area contributed by atoms with Crippen LogP contribution in [0.1, 0.15) is 47.2 Å². The van der Waals surface area contributed by atoms with Crippen LogP contribution in [0.4, 0.5) is 10.1 Å². The zero-order chi connectivity index (χ0) is 19.6. The van der Waals surface area contributed by atoms with E-state index in [1.807, 2.05) is 0 Å². The number of aryl methyl sites for hydroxylation is 2. The summed E-state index contributed by atoms with van der Waals surface area (Å²) in [5, 5.41) is 5.24. The van der Waals surface area contributed by atoms with E-state index in [4.69, 9.17) is 0 Å². The first-order chi connectivity index (χ1) is 12.0. The van der Waals surface area contributed by atoms with E-state index >= 15 is 0 Å². The lowest BCUT2D eigenvalue weighted by Crippen LogP contribution is -2.44. The van der Waals surface area contributed by atoms with Crippen molar-refractivity contribution in [3.05, 3.63) is 53.1 Å². The number of hydrogen-bond donors (Lipinski definition) is 2. The highest BCUT2D eigenvalue weighted by Gasteiger charge is 2.25. The maximum atomic E-state index is 13.3. The number of hydrogen-bond acceptors (Lipinski definition) is 3. The molecule has 1 aromatic carbocycles. The van der Waals surface area contributed by atoms with Crippen molar-refractivity contribution in [2.75, 3.05) is 5.32 Å². The molecular formula is C19H22FN3O3. The van der Waals surface area contributed by atoms with Gasteiger partial charge in [-0.2, -0.15) is 0 Å². The summed E-state index contributed by atoms with van der Waals surface area (Å²) in [6, 6.07) is 5.59. The molecule has 0 saturated carbocycles. The number of Topliss-reactive ketones (excluding diaryl/α,β-unsaturated/α-hetero) is 1. The van der Waals surface area contributed by atoms with E-state index in [9.17, 15) is 18.8 Å². The SMILES string of the molecule is Cc1cc(NC(=O)c2cc(C(=O)C(=O)NC(C)(C)C)n(C)c2)ccc1F. The van der Waals surface area contributed by atoms with Gasteiger partial charge in [0.1, 0.15) is 5.82 Å². The van der Waals surface area contributed by atoms with Crippen LogP contribution in [0.2, 0.25) is 0 Å². The molecule has 7 heteroatoms. The fraction of sp³-hybridized carbons (Fsp3) is 0.316. The summed E-state index contributed by atoms with van der Waals surface area (Å²) >= 11 is 0. The monoisotopic (exact) mass is 359 g/mol. The summed E-state index contributed by atoms with van der Waals surface area (Å²) in [4.78, 5) is 36.7. The first kappa shape index (κ1) is 19.4. The third-order valence-electron chi connectivity index (χ3n) is 3.61. The molecule has 0 radical (unpaired) electrons. The minimum absolute atomic E-state index is 0.104. The highest BCUT2D eigenvalue weighted by atomic mass is 19.1. The zero-order valence-electron chi connectivity index (χ0n) is 15.4. The third kappa shape index (κ3) is 4.56. The second-order valence-corrected chi connectivity index (χ2v) is 7.18. The van der Waals surface area contributed by atoms with Crippen LogP contribution in [-0.4, -0.2) is 27.7 Å². The van der Waals surface area contributed by atoms with Gasteiger partial charge in [-0.05, 0) is 57.5 Å². The van der Waals surface area contributed by atoms with Crippen LogP contribution in [0, 0.1) is 12.7 Å². The van der Waals surface area contributed by atoms with Crippen LogP contribution in [-0.2, 0) is 11.8 Å². The molecule has 1 heterocycles. The number of ketones is 1. The van der Waals surface area contributed by atoms with Gasteiger partial charge < -0.3 is 15.2 Å². The predicted octanol–water partition coefficient (Wildman–Crippen LogP) is 2.82. The summed E-state index contributed by atoms with van der Waals surface area (Å²) in [5.41, 5.74) is 0.633. The smallest absolute Gasteiger partial charge is 0.294 e. The number of nitrogens with one attached hydrogen (secondary N) is 2. The quantitative estimate of drug-likeness (QED) is 0.651.